The molecule has 4 heteroatoms. The van der Waals surface area contributed by atoms with Crippen LogP contribution in [0.4, 0.5) is 10.5 Å². The molecule has 0 saturated heterocycles. The van der Waals surface area contributed by atoms with Gasteiger partial charge in [0.25, 0.3) is 0 Å². The van der Waals surface area contributed by atoms with Crippen LogP contribution in [0.25, 0.3) is 0 Å². The number of carbonyl (C=O) groups is 1. The fourth-order valence-corrected chi connectivity index (χ4v) is 4.42. The van der Waals surface area contributed by atoms with Gasteiger partial charge in [-0.3, -0.25) is 5.32 Å². The van der Waals surface area contributed by atoms with Crippen molar-refractivity contribution >= 4 is 11.8 Å². The van der Waals surface area contributed by atoms with Crippen LogP contribution in [0.2, 0.25) is 0 Å². The van der Waals surface area contributed by atoms with Gasteiger partial charge in [-0.25, -0.2) is 4.79 Å². The Morgan fingerprint density at radius 1 is 1.04 bits per heavy atom. The molecule has 2 aromatic rings. The first kappa shape index (κ1) is 16.0. The maximum absolute atomic E-state index is 12.1. The lowest BCUT2D eigenvalue weighted by Gasteiger charge is -2.23. The van der Waals surface area contributed by atoms with Gasteiger partial charge in [-0.2, -0.15) is 0 Å². The minimum absolute atomic E-state index is 0.447. The molecule has 2 bridgehead atoms. The third-order valence-electron chi connectivity index (χ3n) is 5.58. The van der Waals surface area contributed by atoms with E-state index in [4.69, 9.17) is 9.47 Å². The summed E-state index contributed by atoms with van der Waals surface area (Å²) >= 11 is 0. The molecule has 2 saturated carbocycles. The Labute approximate surface area is 148 Å². The topological polar surface area (TPSA) is 47.6 Å². The molecule has 1 N–H and O–H groups in total. The van der Waals surface area contributed by atoms with Gasteiger partial charge >= 0.3 is 6.09 Å². The van der Waals surface area contributed by atoms with Gasteiger partial charge in [0.2, 0.25) is 0 Å². The van der Waals surface area contributed by atoms with Crippen molar-refractivity contribution in [3.8, 4) is 11.5 Å². The normalized spacial score (nSPS) is 24.1. The summed E-state index contributed by atoms with van der Waals surface area (Å²) in [6, 6.07) is 15.2. The van der Waals surface area contributed by atoms with Crippen molar-refractivity contribution in [2.24, 2.45) is 11.8 Å². The number of amides is 1. The second-order valence-electron chi connectivity index (χ2n) is 7.07. The van der Waals surface area contributed by atoms with E-state index in [1.54, 1.807) is 7.11 Å². The molecule has 3 atom stereocenters. The van der Waals surface area contributed by atoms with Crippen LogP contribution in [-0.4, -0.2) is 13.2 Å². The highest BCUT2D eigenvalue weighted by molar-refractivity contribution is 5.86. The molecule has 4 nitrogen and oxygen atoms in total. The Balaban J connectivity index is 1.47. The first-order valence-electron chi connectivity index (χ1n) is 8.94. The summed E-state index contributed by atoms with van der Waals surface area (Å²) in [5.74, 6) is 3.39. The highest BCUT2D eigenvalue weighted by atomic mass is 16.6. The number of hydrogen-bond donors (Lipinski definition) is 1. The van der Waals surface area contributed by atoms with Gasteiger partial charge in [-0.05, 0) is 66.8 Å². The zero-order chi connectivity index (χ0) is 17.2. The highest BCUT2D eigenvalue weighted by Crippen LogP contribution is 2.53. The van der Waals surface area contributed by atoms with E-state index in [1.807, 2.05) is 42.5 Å². The predicted molar refractivity (Wildman–Crippen MR) is 97.3 cm³/mol. The van der Waals surface area contributed by atoms with Crippen molar-refractivity contribution in [3.05, 3.63) is 54.1 Å². The lowest BCUT2D eigenvalue weighted by atomic mass is 9.83. The van der Waals surface area contributed by atoms with Crippen molar-refractivity contribution in [2.75, 3.05) is 12.4 Å². The minimum atomic E-state index is -0.517. The van der Waals surface area contributed by atoms with E-state index in [-0.39, 0.29) is 0 Å². The fourth-order valence-electron chi connectivity index (χ4n) is 4.42. The molecule has 2 aliphatic carbocycles. The Kier molecular flexibility index (Phi) is 4.35. The number of anilines is 1. The smallest absolute Gasteiger partial charge is 0.417 e. The summed E-state index contributed by atoms with van der Waals surface area (Å²) in [4.78, 5) is 12.1. The maximum Gasteiger partial charge on any atom is 0.417 e. The van der Waals surface area contributed by atoms with Crippen LogP contribution in [0.1, 0.15) is 37.2 Å². The number of ether oxygens (including phenoxy) is 2. The molecule has 4 rings (SSSR count). The molecule has 2 fully saturated rings. The molecule has 0 heterocycles. The van der Waals surface area contributed by atoms with Crippen LogP contribution in [-0.2, 0) is 0 Å². The van der Waals surface area contributed by atoms with Crippen molar-refractivity contribution in [1.29, 1.82) is 0 Å². The number of carbonyl (C=O) groups excluding carboxylic acids is 1. The second-order valence-corrected chi connectivity index (χ2v) is 7.07. The van der Waals surface area contributed by atoms with Crippen molar-refractivity contribution < 1.29 is 14.3 Å². The Morgan fingerprint density at radius 3 is 2.56 bits per heavy atom. The van der Waals surface area contributed by atoms with Gasteiger partial charge in [-0.1, -0.05) is 30.7 Å². The Hall–Kier alpha value is -2.49. The molecule has 0 unspecified atom stereocenters. The third-order valence-corrected chi connectivity index (χ3v) is 5.58. The van der Waals surface area contributed by atoms with E-state index in [0.717, 1.165) is 11.8 Å². The fraction of sp³-hybridized carbons (Fsp3) is 0.381. The predicted octanol–water partition coefficient (Wildman–Crippen LogP) is 5.21. The van der Waals surface area contributed by atoms with Crippen LogP contribution in [0.5, 0.6) is 11.5 Å². The van der Waals surface area contributed by atoms with Crippen molar-refractivity contribution in [3.63, 3.8) is 0 Å². The summed E-state index contributed by atoms with van der Waals surface area (Å²) in [6.07, 6.45) is 4.86. The summed E-state index contributed by atoms with van der Waals surface area (Å²) in [5, 5.41) is 2.72. The van der Waals surface area contributed by atoms with Crippen LogP contribution in [0.15, 0.2) is 48.5 Å². The lowest BCUT2D eigenvalue weighted by Crippen LogP contribution is -2.17. The summed E-state index contributed by atoms with van der Waals surface area (Å²) in [6.45, 7) is 0. The quantitative estimate of drug-likeness (QED) is 0.833. The summed E-state index contributed by atoms with van der Waals surface area (Å²) < 4.78 is 10.9. The van der Waals surface area contributed by atoms with Crippen LogP contribution >= 0.6 is 0 Å². The van der Waals surface area contributed by atoms with Gasteiger partial charge in [0.1, 0.15) is 0 Å². The van der Waals surface area contributed by atoms with E-state index in [1.165, 1.54) is 31.2 Å². The molecule has 0 spiro atoms. The molecule has 2 aromatic carbocycles. The van der Waals surface area contributed by atoms with Crippen LogP contribution < -0.4 is 14.8 Å². The molecular formula is C21H23NO3. The first-order valence-corrected chi connectivity index (χ1v) is 8.94. The molecular weight excluding hydrogens is 314 g/mol. The zero-order valence-corrected chi connectivity index (χ0v) is 14.4. The first-order chi connectivity index (χ1) is 12.2. The minimum Gasteiger partial charge on any atom is -0.493 e. The van der Waals surface area contributed by atoms with Gasteiger partial charge in [0.05, 0.1) is 7.11 Å². The monoisotopic (exact) mass is 337 g/mol. The van der Waals surface area contributed by atoms with Crippen LogP contribution in [0.3, 0.4) is 0 Å². The maximum atomic E-state index is 12.1. The largest absolute Gasteiger partial charge is 0.493 e. The number of rotatable bonds is 4. The average Bonchev–Trinajstić information content (AvgIpc) is 3.26. The van der Waals surface area contributed by atoms with Gasteiger partial charge < -0.3 is 9.47 Å². The lowest BCUT2D eigenvalue weighted by molar-refractivity contribution is 0.213. The summed E-state index contributed by atoms with van der Waals surface area (Å²) in [7, 11) is 1.61. The number of benzene rings is 2. The number of methoxy groups -OCH3 is 1. The Bertz CT molecular complexity index is 759. The highest BCUT2D eigenvalue weighted by Gasteiger charge is 2.40. The molecule has 25 heavy (non-hydrogen) atoms. The standard InChI is InChI=1S/C21H23NO3/c1-24-20-13-16(18-12-14-7-8-15(18)11-14)9-10-19(20)25-21(23)22-17-5-3-2-4-6-17/h2-6,9-10,13-15,18H,7-8,11-12H2,1H3,(H,22,23)/t14-,15-,18+/m0/s1. The molecule has 0 aromatic heterocycles. The molecule has 1 amide bonds. The Morgan fingerprint density at radius 2 is 1.88 bits per heavy atom. The zero-order valence-electron chi connectivity index (χ0n) is 14.4. The van der Waals surface area contributed by atoms with E-state index in [2.05, 4.69) is 11.4 Å². The number of nitrogens with one attached hydrogen (secondary N) is 1. The van der Waals surface area contributed by atoms with Gasteiger partial charge in [0.15, 0.2) is 11.5 Å². The van der Waals surface area contributed by atoms with Crippen molar-refractivity contribution in [1.82, 2.24) is 0 Å². The molecule has 130 valence electrons. The summed E-state index contributed by atoms with van der Waals surface area (Å²) in [5.41, 5.74) is 2.00. The number of para-hydroxylation sites is 1. The molecule has 0 aliphatic heterocycles. The molecule has 0 radical (unpaired) electrons. The SMILES string of the molecule is COc1cc([C@@H]2C[C@H]3CC[C@H]2C3)ccc1OC(=O)Nc1ccccc1. The molecule has 2 aliphatic rings. The second kappa shape index (κ2) is 6.79. The van der Waals surface area contributed by atoms with E-state index in [9.17, 15) is 4.79 Å². The van der Waals surface area contributed by atoms with E-state index < -0.39 is 6.09 Å². The van der Waals surface area contributed by atoms with Gasteiger partial charge in [-0.15, -0.1) is 0 Å². The van der Waals surface area contributed by atoms with Gasteiger partial charge in [0, 0.05) is 5.69 Å². The van der Waals surface area contributed by atoms with Crippen LogP contribution in [0, 0.1) is 11.8 Å². The van der Waals surface area contributed by atoms with E-state index in [0.29, 0.717) is 23.1 Å². The average molecular weight is 337 g/mol. The van der Waals surface area contributed by atoms with E-state index >= 15 is 0 Å². The number of fused-ring (bicyclic) bond motifs is 2. The number of hydrogen-bond acceptors (Lipinski definition) is 3. The third kappa shape index (κ3) is 3.34. The van der Waals surface area contributed by atoms with Crippen molar-refractivity contribution in [2.45, 2.75) is 31.6 Å².